The van der Waals surface area contributed by atoms with Gasteiger partial charge in [-0.25, -0.2) is 8.78 Å². The van der Waals surface area contributed by atoms with Crippen LogP contribution in [0.5, 0.6) is 0 Å². The number of piperidine rings is 1. The van der Waals surface area contributed by atoms with Gasteiger partial charge in [0.1, 0.15) is 0 Å². The first-order chi connectivity index (χ1) is 6.67. The average Bonchev–Trinajstić information content (AvgIpc) is 2.17. The predicted octanol–water partition coefficient (Wildman–Crippen LogP) is 1.70. The van der Waals surface area contributed by atoms with Crippen molar-refractivity contribution in [2.24, 2.45) is 11.7 Å². The largest absolute Gasteiger partial charge is 0.329 e. The lowest BCUT2D eigenvalue weighted by molar-refractivity contribution is 0.0377. The predicted molar refractivity (Wildman–Crippen MR) is 53.4 cm³/mol. The van der Waals surface area contributed by atoms with E-state index in [1.54, 1.807) is 0 Å². The highest BCUT2D eigenvalue weighted by Gasteiger charge is 2.28. The van der Waals surface area contributed by atoms with E-state index < -0.39 is 6.43 Å². The minimum atomic E-state index is -2.23. The molecule has 0 spiro atoms. The van der Waals surface area contributed by atoms with Crippen molar-refractivity contribution in [3.63, 3.8) is 0 Å². The normalized spacial score (nSPS) is 29.8. The number of hydrogen-bond acceptors (Lipinski definition) is 2. The highest BCUT2D eigenvalue weighted by Crippen LogP contribution is 2.25. The zero-order valence-corrected chi connectivity index (χ0v) is 8.76. The van der Waals surface area contributed by atoms with Gasteiger partial charge in [-0.15, -0.1) is 0 Å². The van der Waals surface area contributed by atoms with Crippen molar-refractivity contribution in [1.82, 2.24) is 4.90 Å². The Kier molecular flexibility index (Phi) is 4.75. The molecule has 0 aromatic carbocycles. The van der Waals surface area contributed by atoms with Crippen LogP contribution in [-0.2, 0) is 0 Å². The van der Waals surface area contributed by atoms with Crippen LogP contribution in [0.4, 0.5) is 8.78 Å². The molecular formula is C10H20F2N2. The first-order valence-corrected chi connectivity index (χ1v) is 5.39. The summed E-state index contributed by atoms with van der Waals surface area (Å²) in [5.74, 6) is 0.678. The number of nitrogens with two attached hydrogens (primary N) is 1. The van der Waals surface area contributed by atoms with Crippen LogP contribution in [-0.4, -0.2) is 37.0 Å². The minimum Gasteiger partial charge on any atom is -0.329 e. The van der Waals surface area contributed by atoms with Gasteiger partial charge in [0, 0.05) is 12.6 Å². The summed E-state index contributed by atoms with van der Waals surface area (Å²) in [6.07, 6.45) is 0.931. The fourth-order valence-corrected chi connectivity index (χ4v) is 2.22. The van der Waals surface area contributed by atoms with Gasteiger partial charge < -0.3 is 5.73 Å². The summed E-state index contributed by atoms with van der Waals surface area (Å²) in [5.41, 5.74) is 5.60. The third-order valence-electron chi connectivity index (χ3n) is 3.17. The molecule has 4 heteroatoms. The van der Waals surface area contributed by atoms with Gasteiger partial charge in [-0.05, 0) is 25.3 Å². The van der Waals surface area contributed by atoms with Gasteiger partial charge in [-0.1, -0.05) is 13.3 Å². The SMILES string of the molecule is CCC1CCN(CC(F)F)C(CN)C1. The second kappa shape index (κ2) is 5.61. The molecule has 2 nitrogen and oxygen atoms in total. The number of hydrogen-bond donors (Lipinski definition) is 1. The van der Waals surface area contributed by atoms with Crippen molar-refractivity contribution < 1.29 is 8.78 Å². The lowest BCUT2D eigenvalue weighted by Crippen LogP contribution is -2.48. The van der Waals surface area contributed by atoms with Crippen LogP contribution < -0.4 is 5.73 Å². The highest BCUT2D eigenvalue weighted by atomic mass is 19.3. The molecule has 0 saturated carbocycles. The molecule has 2 N–H and O–H groups in total. The van der Waals surface area contributed by atoms with Crippen LogP contribution >= 0.6 is 0 Å². The van der Waals surface area contributed by atoms with Gasteiger partial charge in [0.15, 0.2) is 0 Å². The Labute approximate surface area is 84.4 Å². The van der Waals surface area contributed by atoms with E-state index in [1.807, 2.05) is 4.90 Å². The summed E-state index contributed by atoms with van der Waals surface area (Å²) in [4.78, 5) is 1.84. The number of nitrogens with zero attached hydrogens (tertiary/aromatic N) is 1. The lowest BCUT2D eigenvalue weighted by atomic mass is 9.89. The topological polar surface area (TPSA) is 29.3 Å². The van der Waals surface area contributed by atoms with Gasteiger partial charge in [-0.3, -0.25) is 4.90 Å². The Morgan fingerprint density at radius 2 is 2.21 bits per heavy atom. The molecule has 1 fully saturated rings. The van der Waals surface area contributed by atoms with Crippen molar-refractivity contribution in [2.45, 2.75) is 38.7 Å². The first-order valence-electron chi connectivity index (χ1n) is 5.39. The maximum atomic E-state index is 12.2. The third-order valence-corrected chi connectivity index (χ3v) is 3.17. The van der Waals surface area contributed by atoms with Crippen LogP contribution in [0.2, 0.25) is 0 Å². The van der Waals surface area contributed by atoms with Gasteiger partial charge in [-0.2, -0.15) is 0 Å². The molecule has 0 aliphatic carbocycles. The number of rotatable bonds is 4. The van der Waals surface area contributed by atoms with Gasteiger partial charge in [0.25, 0.3) is 6.43 Å². The number of alkyl halides is 2. The first kappa shape index (κ1) is 11.9. The molecule has 1 rings (SSSR count). The van der Waals surface area contributed by atoms with Crippen molar-refractivity contribution in [1.29, 1.82) is 0 Å². The van der Waals surface area contributed by atoms with Crippen LogP contribution in [0.15, 0.2) is 0 Å². The van der Waals surface area contributed by atoms with Crippen molar-refractivity contribution in [3.05, 3.63) is 0 Å². The van der Waals surface area contributed by atoms with E-state index in [4.69, 9.17) is 5.73 Å². The van der Waals surface area contributed by atoms with E-state index in [0.717, 1.165) is 25.8 Å². The quantitative estimate of drug-likeness (QED) is 0.758. The summed E-state index contributed by atoms with van der Waals surface area (Å²) >= 11 is 0. The smallest absolute Gasteiger partial charge is 0.251 e. The lowest BCUT2D eigenvalue weighted by Gasteiger charge is -2.38. The van der Waals surface area contributed by atoms with E-state index in [9.17, 15) is 8.78 Å². The second-order valence-corrected chi connectivity index (χ2v) is 4.07. The summed E-state index contributed by atoms with van der Waals surface area (Å²) in [6, 6.07) is 0.169. The van der Waals surface area contributed by atoms with E-state index in [2.05, 4.69) is 6.92 Å². The molecule has 0 amide bonds. The second-order valence-electron chi connectivity index (χ2n) is 4.07. The van der Waals surface area contributed by atoms with Crippen LogP contribution in [0.25, 0.3) is 0 Å². The summed E-state index contributed by atoms with van der Waals surface area (Å²) < 4.78 is 24.5. The molecule has 1 aliphatic heterocycles. The Balaban J connectivity index is 2.43. The molecule has 0 bridgehead atoms. The van der Waals surface area contributed by atoms with E-state index in [0.29, 0.717) is 12.5 Å². The van der Waals surface area contributed by atoms with Crippen LogP contribution in [0.1, 0.15) is 26.2 Å². The van der Waals surface area contributed by atoms with Gasteiger partial charge in [0.2, 0.25) is 0 Å². The van der Waals surface area contributed by atoms with Crippen molar-refractivity contribution in [2.75, 3.05) is 19.6 Å². The zero-order chi connectivity index (χ0) is 10.6. The zero-order valence-electron chi connectivity index (χ0n) is 8.76. The van der Waals surface area contributed by atoms with Gasteiger partial charge >= 0.3 is 0 Å². The standard InChI is InChI=1S/C10H20F2N2/c1-2-8-3-4-14(7-10(11)12)9(5-8)6-13/h8-10H,2-7,13H2,1H3. The fourth-order valence-electron chi connectivity index (χ4n) is 2.22. The monoisotopic (exact) mass is 206 g/mol. The highest BCUT2D eigenvalue weighted by molar-refractivity contribution is 4.82. The Morgan fingerprint density at radius 3 is 2.71 bits per heavy atom. The maximum absolute atomic E-state index is 12.2. The molecule has 1 heterocycles. The molecule has 84 valence electrons. The van der Waals surface area contributed by atoms with Crippen molar-refractivity contribution >= 4 is 0 Å². The Bertz CT molecular complexity index is 164. The average molecular weight is 206 g/mol. The molecule has 2 atom stereocenters. The molecule has 0 aromatic heterocycles. The molecule has 0 radical (unpaired) electrons. The summed E-state index contributed by atoms with van der Waals surface area (Å²) in [6.45, 7) is 3.33. The summed E-state index contributed by atoms with van der Waals surface area (Å²) in [5, 5.41) is 0. The molecule has 0 aromatic rings. The third kappa shape index (κ3) is 3.17. The van der Waals surface area contributed by atoms with Crippen LogP contribution in [0, 0.1) is 5.92 Å². The van der Waals surface area contributed by atoms with E-state index in [-0.39, 0.29) is 12.6 Å². The molecule has 2 unspecified atom stereocenters. The number of likely N-dealkylation sites (tertiary alicyclic amines) is 1. The molecule has 1 aliphatic rings. The Hall–Kier alpha value is -0.220. The van der Waals surface area contributed by atoms with Crippen LogP contribution in [0.3, 0.4) is 0 Å². The fraction of sp³-hybridized carbons (Fsp3) is 1.00. The minimum absolute atomic E-state index is 0.113. The Morgan fingerprint density at radius 1 is 1.50 bits per heavy atom. The molecule has 1 saturated heterocycles. The number of halogens is 2. The van der Waals surface area contributed by atoms with Gasteiger partial charge in [0.05, 0.1) is 6.54 Å². The maximum Gasteiger partial charge on any atom is 0.251 e. The van der Waals surface area contributed by atoms with Crippen molar-refractivity contribution in [3.8, 4) is 0 Å². The molecular weight excluding hydrogens is 186 g/mol. The summed E-state index contributed by atoms with van der Waals surface area (Å²) in [7, 11) is 0. The van der Waals surface area contributed by atoms with E-state index >= 15 is 0 Å². The van der Waals surface area contributed by atoms with E-state index in [1.165, 1.54) is 0 Å². The molecule has 14 heavy (non-hydrogen) atoms.